The first-order valence-electron chi connectivity index (χ1n) is 10.6. The van der Waals surface area contributed by atoms with E-state index in [1.165, 1.54) is 42.6 Å². The van der Waals surface area contributed by atoms with Crippen LogP contribution in [0.2, 0.25) is 10.0 Å². The summed E-state index contributed by atoms with van der Waals surface area (Å²) in [4.78, 5) is 44.8. The number of nitro groups is 2. The third-order valence-corrected chi connectivity index (χ3v) is 5.34. The van der Waals surface area contributed by atoms with Gasteiger partial charge in [-0.3, -0.25) is 29.8 Å². The molecule has 13 nitrogen and oxygen atoms in total. The zero-order valence-corrected chi connectivity index (χ0v) is 20.9. The highest BCUT2D eigenvalue weighted by Crippen LogP contribution is 2.38. The van der Waals surface area contributed by atoms with E-state index in [1.807, 2.05) is 0 Å². The highest BCUT2D eigenvalue weighted by atomic mass is 35.5. The average molecular weight is 562 g/mol. The molecule has 0 spiro atoms. The predicted molar refractivity (Wildman–Crippen MR) is 138 cm³/mol. The molecule has 0 aromatic heterocycles. The number of ether oxygens (including phenoxy) is 2. The summed E-state index contributed by atoms with van der Waals surface area (Å²) in [5, 5.41) is 28.9. The first-order valence-corrected chi connectivity index (χ1v) is 11.3. The number of halogens is 2. The largest absolute Gasteiger partial charge is 0.490 e. The van der Waals surface area contributed by atoms with Crippen molar-refractivity contribution in [2.45, 2.75) is 6.92 Å². The number of benzene rings is 3. The molecule has 0 aliphatic heterocycles. The molecule has 3 aromatic carbocycles. The summed E-state index contributed by atoms with van der Waals surface area (Å²) in [5.41, 5.74) is 1.69. The van der Waals surface area contributed by atoms with E-state index in [0.717, 1.165) is 18.2 Å². The van der Waals surface area contributed by atoms with Gasteiger partial charge in [0.25, 0.3) is 5.69 Å². The van der Waals surface area contributed by atoms with E-state index in [9.17, 15) is 29.8 Å². The Labute approximate surface area is 224 Å². The van der Waals surface area contributed by atoms with Crippen LogP contribution in [0.15, 0.2) is 59.7 Å². The molecule has 0 saturated carbocycles. The second-order valence-corrected chi connectivity index (χ2v) is 8.00. The summed E-state index contributed by atoms with van der Waals surface area (Å²) in [7, 11) is 0. The maximum atomic E-state index is 12.0. The van der Waals surface area contributed by atoms with Crippen LogP contribution in [-0.4, -0.2) is 34.5 Å². The topological polar surface area (TPSA) is 175 Å². The molecule has 0 radical (unpaired) electrons. The Morgan fingerprint density at radius 1 is 0.921 bits per heavy atom. The molecule has 196 valence electrons. The minimum atomic E-state index is -1.05. The minimum Gasteiger partial charge on any atom is -0.490 e. The number of hydrogen-bond acceptors (Lipinski definition) is 9. The van der Waals surface area contributed by atoms with Gasteiger partial charge in [0.2, 0.25) is 5.75 Å². The van der Waals surface area contributed by atoms with Crippen LogP contribution < -0.4 is 20.2 Å². The summed E-state index contributed by atoms with van der Waals surface area (Å²) in [5.74, 6) is -2.02. The molecule has 0 saturated heterocycles. The van der Waals surface area contributed by atoms with Crippen LogP contribution >= 0.6 is 23.2 Å². The number of nitrogens with one attached hydrogen (secondary N) is 2. The van der Waals surface area contributed by atoms with Crippen molar-refractivity contribution in [1.82, 2.24) is 5.43 Å². The number of nitro benzene ring substituents is 2. The number of carbonyl (C=O) groups is 2. The lowest BCUT2D eigenvalue weighted by atomic mass is 10.2. The number of hydrogen-bond donors (Lipinski definition) is 2. The molecule has 0 aliphatic carbocycles. The van der Waals surface area contributed by atoms with Gasteiger partial charge in [-0.2, -0.15) is 5.10 Å². The van der Waals surface area contributed by atoms with E-state index in [2.05, 4.69) is 15.8 Å². The first kappa shape index (κ1) is 27.8. The van der Waals surface area contributed by atoms with Gasteiger partial charge in [-0.25, -0.2) is 5.43 Å². The van der Waals surface area contributed by atoms with Crippen molar-refractivity contribution in [3.63, 3.8) is 0 Å². The van der Waals surface area contributed by atoms with Crippen LogP contribution in [0.3, 0.4) is 0 Å². The van der Waals surface area contributed by atoms with E-state index in [-0.39, 0.29) is 39.6 Å². The summed E-state index contributed by atoms with van der Waals surface area (Å²) in [6.45, 7) is 1.91. The van der Waals surface area contributed by atoms with Crippen molar-refractivity contribution in [2.75, 3.05) is 11.9 Å². The van der Waals surface area contributed by atoms with Gasteiger partial charge >= 0.3 is 17.5 Å². The summed E-state index contributed by atoms with van der Waals surface area (Å²) >= 11 is 11.7. The minimum absolute atomic E-state index is 0.0889. The predicted octanol–water partition coefficient (Wildman–Crippen LogP) is 5.09. The number of hydrazone groups is 1. The Morgan fingerprint density at radius 2 is 1.66 bits per heavy atom. The van der Waals surface area contributed by atoms with Crippen LogP contribution in [-0.2, 0) is 9.59 Å². The van der Waals surface area contributed by atoms with Crippen molar-refractivity contribution in [1.29, 1.82) is 0 Å². The second-order valence-electron chi connectivity index (χ2n) is 7.19. The monoisotopic (exact) mass is 561 g/mol. The van der Waals surface area contributed by atoms with E-state index in [1.54, 1.807) is 6.92 Å². The molecular formula is C23H17Cl2N5O8. The standard InChI is InChI=1S/C23H17Cl2N5O8/c1-2-37-21-9-13(12-26-28-23(32)22(31)27-14-4-6-16(24)17(25)10-14)3-7-20(21)38-19-8-5-15(29(33)34)11-18(19)30(35)36/h3-12H,2H2,1H3,(H,27,31)(H,28,32). The normalized spacial score (nSPS) is 10.6. The van der Waals surface area contributed by atoms with E-state index in [4.69, 9.17) is 32.7 Å². The molecule has 0 atom stereocenters. The molecule has 38 heavy (non-hydrogen) atoms. The van der Waals surface area contributed by atoms with Crippen LogP contribution in [0.4, 0.5) is 17.1 Å². The molecule has 2 N–H and O–H groups in total. The third kappa shape index (κ3) is 7.15. The Hall–Kier alpha value is -4.75. The van der Waals surface area contributed by atoms with Gasteiger partial charge in [0, 0.05) is 11.8 Å². The van der Waals surface area contributed by atoms with Gasteiger partial charge < -0.3 is 14.8 Å². The first-order chi connectivity index (χ1) is 18.1. The Kier molecular flexibility index (Phi) is 9.13. The number of anilines is 1. The Balaban J connectivity index is 1.72. The number of nitrogens with zero attached hydrogens (tertiary/aromatic N) is 3. The van der Waals surface area contributed by atoms with Gasteiger partial charge in [0.05, 0.1) is 38.8 Å². The lowest BCUT2D eigenvalue weighted by Gasteiger charge is -2.12. The SMILES string of the molecule is CCOc1cc(C=NNC(=O)C(=O)Nc2ccc(Cl)c(Cl)c2)ccc1Oc1ccc([N+](=O)[O-])cc1[N+](=O)[O-]. The van der Waals surface area contributed by atoms with Crippen molar-refractivity contribution in [2.24, 2.45) is 5.10 Å². The second kappa shape index (κ2) is 12.5. The Morgan fingerprint density at radius 3 is 2.32 bits per heavy atom. The molecule has 0 bridgehead atoms. The van der Waals surface area contributed by atoms with Crippen LogP contribution in [0, 0.1) is 20.2 Å². The fraction of sp³-hybridized carbons (Fsp3) is 0.0870. The van der Waals surface area contributed by atoms with Gasteiger partial charge in [-0.1, -0.05) is 23.2 Å². The fourth-order valence-electron chi connectivity index (χ4n) is 2.90. The molecule has 0 aliphatic rings. The van der Waals surface area contributed by atoms with E-state index < -0.39 is 33.0 Å². The number of amides is 2. The highest BCUT2D eigenvalue weighted by Gasteiger charge is 2.22. The van der Waals surface area contributed by atoms with Crippen molar-refractivity contribution in [3.05, 3.63) is 90.4 Å². The lowest BCUT2D eigenvalue weighted by Crippen LogP contribution is -2.32. The molecule has 0 unspecified atom stereocenters. The quantitative estimate of drug-likeness (QED) is 0.157. The molecule has 2 amide bonds. The summed E-state index contributed by atoms with van der Waals surface area (Å²) in [6.07, 6.45) is 1.23. The zero-order valence-electron chi connectivity index (χ0n) is 19.3. The van der Waals surface area contributed by atoms with Gasteiger partial charge in [0.1, 0.15) is 0 Å². The highest BCUT2D eigenvalue weighted by molar-refractivity contribution is 6.43. The van der Waals surface area contributed by atoms with Crippen molar-refractivity contribution >= 4 is 58.3 Å². The average Bonchev–Trinajstić information content (AvgIpc) is 2.87. The van der Waals surface area contributed by atoms with Gasteiger partial charge in [-0.15, -0.1) is 0 Å². The maximum Gasteiger partial charge on any atom is 0.329 e. The summed E-state index contributed by atoms with van der Waals surface area (Å²) in [6, 6.07) is 11.7. The van der Waals surface area contributed by atoms with E-state index >= 15 is 0 Å². The number of non-ortho nitro benzene ring substituents is 1. The molecule has 0 heterocycles. The maximum absolute atomic E-state index is 12.0. The van der Waals surface area contributed by atoms with Gasteiger partial charge in [-0.05, 0) is 55.0 Å². The van der Waals surface area contributed by atoms with Crippen LogP contribution in [0.25, 0.3) is 0 Å². The molecule has 0 fully saturated rings. The zero-order chi connectivity index (χ0) is 27.8. The smallest absolute Gasteiger partial charge is 0.329 e. The fourth-order valence-corrected chi connectivity index (χ4v) is 3.20. The van der Waals surface area contributed by atoms with Crippen LogP contribution in [0.5, 0.6) is 17.2 Å². The molecule has 3 aromatic rings. The van der Waals surface area contributed by atoms with Gasteiger partial charge in [0.15, 0.2) is 11.5 Å². The van der Waals surface area contributed by atoms with Crippen molar-refractivity contribution < 1.29 is 28.9 Å². The van der Waals surface area contributed by atoms with Crippen LogP contribution in [0.1, 0.15) is 12.5 Å². The van der Waals surface area contributed by atoms with E-state index in [0.29, 0.717) is 5.56 Å². The molecule has 15 heteroatoms. The van der Waals surface area contributed by atoms with Crippen molar-refractivity contribution in [3.8, 4) is 17.2 Å². The number of carbonyl (C=O) groups excluding carboxylic acids is 2. The molecule has 3 rings (SSSR count). The Bertz CT molecular complexity index is 1450. The third-order valence-electron chi connectivity index (χ3n) is 4.60. The number of rotatable bonds is 9. The summed E-state index contributed by atoms with van der Waals surface area (Å²) < 4.78 is 11.1. The molecular weight excluding hydrogens is 545 g/mol. The lowest BCUT2D eigenvalue weighted by molar-refractivity contribution is -0.394.